The molecule has 0 unspecified atom stereocenters. The van der Waals surface area contributed by atoms with Crippen LogP contribution in [0.25, 0.3) is 0 Å². The largest absolute Gasteiger partial charge is 0.351 e. The maximum atomic E-state index is 5.83. The number of nitrogens with one attached hydrogen (secondary N) is 1. The predicted octanol–water partition coefficient (Wildman–Crippen LogP) is 3.04. The number of hydrogen-bond donors (Lipinski definition) is 1. The van der Waals surface area contributed by atoms with Crippen LogP contribution in [0, 0.1) is 6.92 Å². The highest BCUT2D eigenvalue weighted by molar-refractivity contribution is 6.29. The second kappa shape index (κ2) is 5.15. The molecule has 0 atom stereocenters. The summed E-state index contributed by atoms with van der Waals surface area (Å²) in [6.45, 7) is 6.18. The fourth-order valence-electron chi connectivity index (χ4n) is 1.27. The molecule has 0 bridgehead atoms. The molecule has 4 heteroatoms. The minimum absolute atomic E-state index is 0.424. The van der Waals surface area contributed by atoms with Crippen molar-refractivity contribution >= 4 is 17.5 Å². The SMILES string of the molecule is CCC(CC)Nc1nc(C)cc(Cl)n1. The van der Waals surface area contributed by atoms with Gasteiger partial charge in [0.15, 0.2) is 0 Å². The molecule has 0 saturated heterocycles. The zero-order valence-corrected chi connectivity index (χ0v) is 9.60. The van der Waals surface area contributed by atoms with E-state index >= 15 is 0 Å². The van der Waals surface area contributed by atoms with Crippen LogP contribution in [0.2, 0.25) is 5.15 Å². The average Bonchev–Trinajstić information content (AvgIpc) is 2.12. The van der Waals surface area contributed by atoms with Gasteiger partial charge in [0.05, 0.1) is 0 Å². The first kappa shape index (κ1) is 11.2. The third-order valence-electron chi connectivity index (χ3n) is 2.14. The number of nitrogens with zero attached hydrogens (tertiary/aromatic N) is 2. The van der Waals surface area contributed by atoms with Crippen molar-refractivity contribution in [3.8, 4) is 0 Å². The lowest BCUT2D eigenvalue weighted by molar-refractivity contribution is 0.664. The van der Waals surface area contributed by atoms with Gasteiger partial charge in [0.2, 0.25) is 5.95 Å². The highest BCUT2D eigenvalue weighted by atomic mass is 35.5. The van der Waals surface area contributed by atoms with Gasteiger partial charge in [0.1, 0.15) is 5.15 Å². The first-order valence-corrected chi connectivity index (χ1v) is 5.31. The molecule has 0 amide bonds. The van der Waals surface area contributed by atoms with E-state index in [-0.39, 0.29) is 0 Å². The summed E-state index contributed by atoms with van der Waals surface area (Å²) >= 11 is 5.83. The van der Waals surface area contributed by atoms with E-state index in [0.717, 1.165) is 18.5 Å². The van der Waals surface area contributed by atoms with Crippen molar-refractivity contribution in [1.29, 1.82) is 0 Å². The van der Waals surface area contributed by atoms with E-state index in [4.69, 9.17) is 11.6 Å². The minimum Gasteiger partial charge on any atom is -0.351 e. The molecule has 0 saturated carbocycles. The van der Waals surface area contributed by atoms with E-state index in [2.05, 4.69) is 29.1 Å². The van der Waals surface area contributed by atoms with E-state index in [1.807, 2.05) is 6.92 Å². The number of halogens is 1. The smallest absolute Gasteiger partial charge is 0.224 e. The van der Waals surface area contributed by atoms with E-state index in [0.29, 0.717) is 17.1 Å². The number of hydrogen-bond acceptors (Lipinski definition) is 3. The Labute approximate surface area is 89.9 Å². The Bertz CT molecular complexity index is 277. The van der Waals surface area contributed by atoms with Crippen molar-refractivity contribution in [2.45, 2.75) is 39.7 Å². The standard InChI is InChI=1S/C10H16ClN3/c1-4-8(5-2)13-10-12-7(3)6-9(11)14-10/h6,8H,4-5H2,1-3H3,(H,12,13,14). The van der Waals surface area contributed by atoms with Crippen LogP contribution in [0.15, 0.2) is 6.07 Å². The molecular formula is C10H16ClN3. The Morgan fingerprint density at radius 3 is 2.50 bits per heavy atom. The van der Waals surface area contributed by atoms with Gasteiger partial charge in [-0.2, -0.15) is 0 Å². The molecule has 0 aliphatic carbocycles. The molecule has 1 aromatic rings. The average molecular weight is 214 g/mol. The van der Waals surface area contributed by atoms with Gasteiger partial charge in [-0.3, -0.25) is 0 Å². The van der Waals surface area contributed by atoms with E-state index in [9.17, 15) is 0 Å². The summed E-state index contributed by atoms with van der Waals surface area (Å²) in [5.41, 5.74) is 0.887. The van der Waals surface area contributed by atoms with Gasteiger partial charge in [-0.05, 0) is 25.8 Å². The molecule has 0 fully saturated rings. The Kier molecular flexibility index (Phi) is 4.14. The van der Waals surface area contributed by atoms with Crippen LogP contribution in [0.3, 0.4) is 0 Å². The number of aryl methyl sites for hydroxylation is 1. The molecule has 78 valence electrons. The highest BCUT2D eigenvalue weighted by Gasteiger charge is 2.06. The summed E-state index contributed by atoms with van der Waals surface area (Å²) in [4.78, 5) is 8.38. The lowest BCUT2D eigenvalue weighted by atomic mass is 10.2. The number of rotatable bonds is 4. The Hall–Kier alpha value is -0.830. The first-order valence-electron chi connectivity index (χ1n) is 4.93. The van der Waals surface area contributed by atoms with Gasteiger partial charge in [0.25, 0.3) is 0 Å². The number of aromatic nitrogens is 2. The van der Waals surface area contributed by atoms with Crippen molar-refractivity contribution < 1.29 is 0 Å². The lowest BCUT2D eigenvalue weighted by Crippen LogP contribution is -2.19. The minimum atomic E-state index is 0.424. The summed E-state index contributed by atoms with van der Waals surface area (Å²) in [7, 11) is 0. The van der Waals surface area contributed by atoms with Gasteiger partial charge >= 0.3 is 0 Å². The summed E-state index contributed by atoms with van der Waals surface area (Å²) in [5.74, 6) is 0.628. The molecule has 1 rings (SSSR count). The van der Waals surface area contributed by atoms with Crippen LogP contribution in [-0.4, -0.2) is 16.0 Å². The third-order valence-corrected chi connectivity index (χ3v) is 2.34. The molecule has 1 N–H and O–H groups in total. The van der Waals surface area contributed by atoms with E-state index in [1.54, 1.807) is 6.07 Å². The molecule has 0 aromatic carbocycles. The Morgan fingerprint density at radius 1 is 1.36 bits per heavy atom. The van der Waals surface area contributed by atoms with Crippen LogP contribution in [-0.2, 0) is 0 Å². The van der Waals surface area contributed by atoms with Crippen LogP contribution in [0.1, 0.15) is 32.4 Å². The maximum absolute atomic E-state index is 5.83. The van der Waals surface area contributed by atoms with Crippen molar-refractivity contribution in [2.75, 3.05) is 5.32 Å². The van der Waals surface area contributed by atoms with Gasteiger partial charge in [0, 0.05) is 11.7 Å². The van der Waals surface area contributed by atoms with Gasteiger partial charge in [-0.15, -0.1) is 0 Å². The zero-order valence-electron chi connectivity index (χ0n) is 8.84. The topological polar surface area (TPSA) is 37.8 Å². The Balaban J connectivity index is 2.75. The van der Waals surface area contributed by atoms with Crippen molar-refractivity contribution in [1.82, 2.24) is 9.97 Å². The summed E-state index contributed by atoms with van der Waals surface area (Å²) in [6, 6.07) is 2.17. The molecule has 1 aromatic heterocycles. The molecule has 3 nitrogen and oxygen atoms in total. The van der Waals surface area contributed by atoms with Gasteiger partial charge < -0.3 is 5.32 Å². The van der Waals surface area contributed by atoms with Crippen LogP contribution in [0.4, 0.5) is 5.95 Å². The van der Waals surface area contributed by atoms with Crippen molar-refractivity contribution in [3.05, 3.63) is 16.9 Å². The van der Waals surface area contributed by atoms with Crippen LogP contribution >= 0.6 is 11.6 Å². The van der Waals surface area contributed by atoms with E-state index in [1.165, 1.54) is 0 Å². The quantitative estimate of drug-likeness (QED) is 0.782. The zero-order chi connectivity index (χ0) is 10.6. The van der Waals surface area contributed by atoms with Crippen LogP contribution in [0.5, 0.6) is 0 Å². The Morgan fingerprint density at radius 2 is 2.00 bits per heavy atom. The van der Waals surface area contributed by atoms with Crippen molar-refractivity contribution in [3.63, 3.8) is 0 Å². The molecule has 0 aliphatic heterocycles. The first-order chi connectivity index (χ1) is 6.65. The fraction of sp³-hybridized carbons (Fsp3) is 0.600. The van der Waals surface area contributed by atoms with Gasteiger partial charge in [-0.1, -0.05) is 25.4 Å². The predicted molar refractivity (Wildman–Crippen MR) is 59.8 cm³/mol. The normalized spacial score (nSPS) is 10.6. The second-order valence-electron chi connectivity index (χ2n) is 3.31. The molecule has 0 radical (unpaired) electrons. The molecular weight excluding hydrogens is 198 g/mol. The summed E-state index contributed by atoms with van der Waals surface area (Å²) in [5, 5.41) is 3.74. The fourth-order valence-corrected chi connectivity index (χ4v) is 1.51. The summed E-state index contributed by atoms with van der Waals surface area (Å²) in [6.07, 6.45) is 2.12. The van der Waals surface area contributed by atoms with Crippen LogP contribution < -0.4 is 5.32 Å². The molecule has 0 spiro atoms. The monoisotopic (exact) mass is 213 g/mol. The third kappa shape index (κ3) is 3.14. The highest BCUT2D eigenvalue weighted by Crippen LogP contribution is 2.12. The van der Waals surface area contributed by atoms with Gasteiger partial charge in [-0.25, -0.2) is 9.97 Å². The molecule has 1 heterocycles. The lowest BCUT2D eigenvalue weighted by Gasteiger charge is -2.14. The number of anilines is 1. The second-order valence-corrected chi connectivity index (χ2v) is 3.70. The maximum Gasteiger partial charge on any atom is 0.224 e. The summed E-state index contributed by atoms with van der Waals surface area (Å²) < 4.78 is 0. The molecule has 14 heavy (non-hydrogen) atoms. The van der Waals surface area contributed by atoms with E-state index < -0.39 is 0 Å². The van der Waals surface area contributed by atoms with Crippen molar-refractivity contribution in [2.24, 2.45) is 0 Å². The molecule has 0 aliphatic rings.